The van der Waals surface area contributed by atoms with Gasteiger partial charge in [-0.15, -0.1) is 0 Å². The Morgan fingerprint density at radius 3 is 2.06 bits per heavy atom. The molecule has 1 fully saturated rings. The van der Waals surface area contributed by atoms with Crippen LogP contribution in [0, 0.1) is 11.8 Å². The normalized spacial score (nSPS) is 21.8. The van der Waals surface area contributed by atoms with Gasteiger partial charge in [-0.3, -0.25) is 4.79 Å². The van der Waals surface area contributed by atoms with E-state index in [1.165, 1.54) is 0 Å². The number of carbonyl (C=O) groups excluding carboxylic acids is 1. The van der Waals surface area contributed by atoms with Crippen LogP contribution in [-0.2, 0) is 4.79 Å². The maximum Gasteiger partial charge on any atom is 0.409 e. The van der Waals surface area contributed by atoms with Gasteiger partial charge in [-0.25, -0.2) is 0 Å². The van der Waals surface area contributed by atoms with E-state index in [0.29, 0.717) is 16.7 Å². The number of halogens is 7. The lowest BCUT2D eigenvalue weighted by molar-refractivity contribution is -0.277. The van der Waals surface area contributed by atoms with Crippen LogP contribution in [-0.4, -0.2) is 41.6 Å². The Hall–Kier alpha value is -0.470. The third-order valence-electron chi connectivity index (χ3n) is 2.72. The molecule has 0 spiro atoms. The molecule has 0 saturated carbocycles. The number of hydrogen-bond donors (Lipinski definition) is 0. The van der Waals surface area contributed by atoms with Crippen LogP contribution < -0.4 is 0 Å². The zero-order valence-corrected chi connectivity index (χ0v) is 10.6. The summed E-state index contributed by atoms with van der Waals surface area (Å²) in [5.74, 6) is -5.92. The highest BCUT2D eigenvalue weighted by molar-refractivity contribution is 9.09. The molecule has 0 N–H and O–H groups in total. The van der Waals surface area contributed by atoms with Crippen molar-refractivity contribution < 1.29 is 31.1 Å². The Bertz CT molecular complexity index is 301. The molecular formula is C9H10BrF6NO. The third kappa shape index (κ3) is 3.52. The second-order valence-electron chi connectivity index (χ2n) is 4.11. The van der Waals surface area contributed by atoms with Crippen molar-refractivity contribution in [1.29, 1.82) is 0 Å². The Balaban J connectivity index is 2.85. The van der Waals surface area contributed by atoms with Crippen LogP contribution in [0.15, 0.2) is 0 Å². The largest absolute Gasteiger partial charge is 0.409 e. The van der Waals surface area contributed by atoms with Crippen LogP contribution in [0.2, 0.25) is 0 Å². The monoisotopic (exact) mass is 341 g/mol. The van der Waals surface area contributed by atoms with E-state index in [1.807, 2.05) is 0 Å². The lowest BCUT2D eigenvalue weighted by Gasteiger charge is -2.26. The first-order chi connectivity index (χ1) is 8.07. The van der Waals surface area contributed by atoms with Crippen LogP contribution >= 0.6 is 15.9 Å². The van der Waals surface area contributed by atoms with Gasteiger partial charge >= 0.3 is 12.4 Å². The average molecular weight is 342 g/mol. The molecule has 0 aromatic carbocycles. The highest BCUT2D eigenvalue weighted by Crippen LogP contribution is 2.41. The molecule has 1 atom stereocenters. The topological polar surface area (TPSA) is 20.3 Å². The Kier molecular flexibility index (Phi) is 4.56. The molecule has 1 heterocycles. The van der Waals surface area contributed by atoms with Gasteiger partial charge in [-0.2, -0.15) is 26.3 Å². The predicted molar refractivity (Wildman–Crippen MR) is 54.1 cm³/mol. The lowest BCUT2D eigenvalue weighted by Crippen LogP contribution is -2.49. The second kappa shape index (κ2) is 5.26. The van der Waals surface area contributed by atoms with E-state index in [1.54, 1.807) is 0 Å². The van der Waals surface area contributed by atoms with Gasteiger partial charge < -0.3 is 4.90 Å². The summed E-state index contributed by atoms with van der Waals surface area (Å²) >= 11 is 3.09. The average Bonchev–Trinajstić information content (AvgIpc) is 2.60. The summed E-state index contributed by atoms with van der Waals surface area (Å²) in [7, 11) is 0. The van der Waals surface area contributed by atoms with E-state index < -0.39 is 24.2 Å². The number of hydrogen-bond acceptors (Lipinski definition) is 1. The van der Waals surface area contributed by atoms with Crippen molar-refractivity contribution in [2.75, 3.05) is 18.4 Å². The zero-order valence-electron chi connectivity index (χ0n) is 8.98. The minimum atomic E-state index is -5.61. The first-order valence-electron chi connectivity index (χ1n) is 5.05. The Labute approximate surface area is 107 Å². The summed E-state index contributed by atoms with van der Waals surface area (Å²) < 4.78 is 73.9. The number of nitrogens with zero attached hydrogens (tertiary/aromatic N) is 1. The van der Waals surface area contributed by atoms with E-state index >= 15 is 0 Å². The van der Waals surface area contributed by atoms with Crippen molar-refractivity contribution in [3.8, 4) is 0 Å². The first kappa shape index (κ1) is 15.6. The minimum Gasteiger partial charge on any atom is -0.342 e. The van der Waals surface area contributed by atoms with Crippen molar-refractivity contribution in [2.24, 2.45) is 11.8 Å². The fourth-order valence-corrected chi connectivity index (χ4v) is 2.34. The molecule has 0 aromatic heterocycles. The van der Waals surface area contributed by atoms with Gasteiger partial charge in [-0.05, 0) is 12.3 Å². The molecule has 1 aliphatic heterocycles. The molecule has 1 saturated heterocycles. The van der Waals surface area contributed by atoms with Crippen LogP contribution in [0.25, 0.3) is 0 Å². The molecule has 2 nitrogen and oxygen atoms in total. The maximum atomic E-state index is 12.3. The molecule has 1 rings (SSSR count). The molecule has 1 unspecified atom stereocenters. The molecule has 1 aliphatic rings. The van der Waals surface area contributed by atoms with Crippen molar-refractivity contribution in [3.05, 3.63) is 0 Å². The first-order valence-corrected chi connectivity index (χ1v) is 6.17. The van der Waals surface area contributed by atoms with Crippen molar-refractivity contribution in [1.82, 2.24) is 4.90 Å². The quantitative estimate of drug-likeness (QED) is 0.558. The number of rotatable bonds is 2. The zero-order chi connectivity index (χ0) is 14.1. The molecule has 0 aliphatic carbocycles. The van der Waals surface area contributed by atoms with E-state index in [4.69, 9.17) is 0 Å². The maximum absolute atomic E-state index is 12.3. The van der Waals surface area contributed by atoms with Crippen LogP contribution in [0.4, 0.5) is 26.3 Å². The predicted octanol–water partition coefficient (Wildman–Crippen LogP) is 2.97. The number of carbonyl (C=O) groups is 1. The number of alkyl halides is 7. The smallest absolute Gasteiger partial charge is 0.342 e. The summed E-state index contributed by atoms with van der Waals surface area (Å²) in [5.41, 5.74) is 0. The lowest BCUT2D eigenvalue weighted by atomic mass is 10.1. The van der Waals surface area contributed by atoms with Gasteiger partial charge in [-0.1, -0.05) is 15.9 Å². The summed E-state index contributed by atoms with van der Waals surface area (Å²) in [6.07, 6.45) is -10.8. The fraction of sp³-hybridized carbons (Fsp3) is 0.889. The molecule has 106 valence electrons. The van der Waals surface area contributed by atoms with Gasteiger partial charge in [0.2, 0.25) is 11.8 Å². The van der Waals surface area contributed by atoms with Crippen LogP contribution in [0.1, 0.15) is 6.42 Å². The van der Waals surface area contributed by atoms with Crippen LogP contribution in [0.5, 0.6) is 0 Å². The Morgan fingerprint density at radius 2 is 1.72 bits per heavy atom. The van der Waals surface area contributed by atoms with E-state index in [-0.39, 0.29) is 19.0 Å². The van der Waals surface area contributed by atoms with Gasteiger partial charge in [0.25, 0.3) is 0 Å². The van der Waals surface area contributed by atoms with E-state index in [2.05, 4.69) is 15.9 Å². The van der Waals surface area contributed by atoms with Gasteiger partial charge in [0.1, 0.15) is 0 Å². The van der Waals surface area contributed by atoms with Crippen molar-refractivity contribution in [3.63, 3.8) is 0 Å². The highest BCUT2D eigenvalue weighted by atomic mass is 79.9. The van der Waals surface area contributed by atoms with Gasteiger partial charge in [0, 0.05) is 18.4 Å². The third-order valence-corrected chi connectivity index (χ3v) is 3.63. The fourth-order valence-electron chi connectivity index (χ4n) is 1.81. The summed E-state index contributed by atoms with van der Waals surface area (Å²) in [5, 5.41) is 0.444. The Morgan fingerprint density at radius 1 is 1.22 bits per heavy atom. The second-order valence-corrected chi connectivity index (χ2v) is 4.76. The molecule has 0 radical (unpaired) electrons. The highest BCUT2D eigenvalue weighted by Gasteiger charge is 2.62. The molecule has 9 heteroatoms. The van der Waals surface area contributed by atoms with E-state index in [9.17, 15) is 31.1 Å². The standard InChI is InChI=1S/C9H10BrF6NO/c10-3-5-1-2-17(4-5)7(18)6(8(11,12)13)9(14,15)16/h5-6H,1-4H2. The summed E-state index contributed by atoms with van der Waals surface area (Å²) in [4.78, 5) is 12.0. The molecular weight excluding hydrogens is 332 g/mol. The van der Waals surface area contributed by atoms with E-state index in [0.717, 1.165) is 0 Å². The summed E-state index contributed by atoms with van der Waals surface area (Å²) in [6.45, 7) is -0.148. The van der Waals surface area contributed by atoms with Gasteiger partial charge in [0.15, 0.2) is 0 Å². The van der Waals surface area contributed by atoms with Crippen molar-refractivity contribution in [2.45, 2.75) is 18.8 Å². The number of likely N-dealkylation sites (tertiary alicyclic amines) is 1. The van der Waals surface area contributed by atoms with Crippen LogP contribution in [0.3, 0.4) is 0 Å². The van der Waals surface area contributed by atoms with Crippen molar-refractivity contribution >= 4 is 21.8 Å². The SMILES string of the molecule is O=C(C(C(F)(F)F)C(F)(F)F)N1CCC(CBr)C1. The van der Waals surface area contributed by atoms with Gasteiger partial charge in [0.05, 0.1) is 0 Å². The molecule has 0 bridgehead atoms. The molecule has 18 heavy (non-hydrogen) atoms. The molecule has 1 amide bonds. The molecule has 0 aromatic rings. The summed E-state index contributed by atoms with van der Waals surface area (Å²) in [6, 6.07) is 0. The number of amides is 1. The minimum absolute atomic E-state index is 0.0717.